The topological polar surface area (TPSA) is 29.0 Å². The van der Waals surface area contributed by atoms with Gasteiger partial charge in [-0.3, -0.25) is 14.9 Å². The number of benzene rings is 1. The van der Waals surface area contributed by atoms with E-state index in [0.717, 1.165) is 25.3 Å². The minimum atomic E-state index is 0.669. The minimum absolute atomic E-state index is 0.669. The van der Waals surface area contributed by atoms with Gasteiger partial charge in [0.15, 0.2) is 0 Å². The third-order valence-electron chi connectivity index (χ3n) is 5.06. The van der Waals surface area contributed by atoms with Crippen LogP contribution in [-0.2, 0) is 6.54 Å². The summed E-state index contributed by atoms with van der Waals surface area (Å²) in [5.74, 6) is 0.669. The van der Waals surface area contributed by atoms with Gasteiger partial charge >= 0.3 is 0 Å². The van der Waals surface area contributed by atoms with E-state index in [1.165, 1.54) is 29.5 Å². The van der Waals surface area contributed by atoms with E-state index in [2.05, 4.69) is 51.3 Å². The standard InChI is InChI=1S/C22H23N3/c1-2-13-24-22(5-1)21-8-6-19(7-9-21)20-10-14-25(15-11-20)17-18-4-3-12-23-16-18/h1-9,12-13,16,20H,10-11,14-15,17H2. The molecule has 1 saturated heterocycles. The number of pyridine rings is 2. The summed E-state index contributed by atoms with van der Waals surface area (Å²) in [5.41, 5.74) is 5.00. The molecule has 1 aromatic carbocycles. The SMILES string of the molecule is c1ccc(-c2ccc(C3CCN(Cc4cccnc4)CC3)cc2)nc1. The van der Waals surface area contributed by atoms with Gasteiger partial charge in [-0.1, -0.05) is 36.4 Å². The third kappa shape index (κ3) is 3.94. The molecule has 1 aliphatic rings. The van der Waals surface area contributed by atoms with Gasteiger partial charge in [0, 0.05) is 30.7 Å². The molecule has 0 bridgehead atoms. The molecule has 4 rings (SSSR count). The Morgan fingerprint density at radius 2 is 1.72 bits per heavy atom. The Labute approximate surface area is 149 Å². The van der Waals surface area contributed by atoms with Gasteiger partial charge < -0.3 is 0 Å². The first-order valence-corrected chi connectivity index (χ1v) is 9.01. The number of likely N-dealkylation sites (tertiary alicyclic amines) is 1. The summed E-state index contributed by atoms with van der Waals surface area (Å²) in [4.78, 5) is 11.2. The molecule has 3 nitrogen and oxygen atoms in total. The monoisotopic (exact) mass is 329 g/mol. The molecule has 0 radical (unpaired) electrons. The van der Waals surface area contributed by atoms with E-state index in [1.54, 1.807) is 0 Å². The predicted molar refractivity (Wildman–Crippen MR) is 101 cm³/mol. The molecule has 25 heavy (non-hydrogen) atoms. The van der Waals surface area contributed by atoms with E-state index in [0.29, 0.717) is 5.92 Å². The zero-order valence-corrected chi connectivity index (χ0v) is 14.4. The summed E-state index contributed by atoms with van der Waals surface area (Å²) >= 11 is 0. The normalized spacial score (nSPS) is 16.0. The molecular formula is C22H23N3. The fourth-order valence-corrected chi connectivity index (χ4v) is 3.63. The van der Waals surface area contributed by atoms with Crippen molar-refractivity contribution in [1.82, 2.24) is 14.9 Å². The van der Waals surface area contributed by atoms with Crippen LogP contribution in [-0.4, -0.2) is 28.0 Å². The molecular weight excluding hydrogens is 306 g/mol. The Morgan fingerprint density at radius 1 is 0.880 bits per heavy atom. The van der Waals surface area contributed by atoms with E-state index in [1.807, 2.05) is 36.8 Å². The highest BCUT2D eigenvalue weighted by Gasteiger charge is 2.20. The van der Waals surface area contributed by atoms with Crippen LogP contribution in [0.1, 0.15) is 29.9 Å². The highest BCUT2D eigenvalue weighted by molar-refractivity contribution is 5.59. The Morgan fingerprint density at radius 3 is 2.40 bits per heavy atom. The van der Waals surface area contributed by atoms with E-state index < -0.39 is 0 Å². The number of piperidine rings is 1. The van der Waals surface area contributed by atoms with Crippen molar-refractivity contribution in [3.8, 4) is 11.3 Å². The quantitative estimate of drug-likeness (QED) is 0.704. The lowest BCUT2D eigenvalue weighted by molar-refractivity contribution is 0.204. The molecule has 0 unspecified atom stereocenters. The Kier molecular flexibility index (Phi) is 4.84. The average molecular weight is 329 g/mol. The first kappa shape index (κ1) is 16.0. The molecule has 0 N–H and O–H groups in total. The zero-order valence-electron chi connectivity index (χ0n) is 14.4. The van der Waals surface area contributed by atoms with Gasteiger partial charge in [0.05, 0.1) is 5.69 Å². The molecule has 2 aromatic heterocycles. The van der Waals surface area contributed by atoms with Crippen molar-refractivity contribution in [1.29, 1.82) is 0 Å². The minimum Gasteiger partial charge on any atom is -0.299 e. The summed E-state index contributed by atoms with van der Waals surface area (Å²) in [5, 5.41) is 0. The van der Waals surface area contributed by atoms with Crippen molar-refractivity contribution in [2.45, 2.75) is 25.3 Å². The van der Waals surface area contributed by atoms with Gasteiger partial charge in [0.1, 0.15) is 0 Å². The van der Waals surface area contributed by atoms with Crippen molar-refractivity contribution in [2.24, 2.45) is 0 Å². The number of hydrogen-bond donors (Lipinski definition) is 0. The number of hydrogen-bond acceptors (Lipinski definition) is 3. The molecule has 1 aliphatic heterocycles. The molecule has 0 amide bonds. The van der Waals surface area contributed by atoms with Crippen LogP contribution in [0.3, 0.4) is 0 Å². The Hall–Kier alpha value is -2.52. The average Bonchev–Trinajstić information content (AvgIpc) is 2.70. The maximum atomic E-state index is 4.43. The second-order valence-electron chi connectivity index (χ2n) is 6.75. The predicted octanol–water partition coefficient (Wildman–Crippen LogP) is 4.52. The summed E-state index contributed by atoms with van der Waals surface area (Å²) in [7, 11) is 0. The molecule has 0 saturated carbocycles. The van der Waals surface area contributed by atoms with Crippen LogP contribution >= 0.6 is 0 Å². The second kappa shape index (κ2) is 7.58. The maximum Gasteiger partial charge on any atom is 0.0701 e. The number of nitrogens with zero attached hydrogens (tertiary/aromatic N) is 3. The van der Waals surface area contributed by atoms with E-state index in [-0.39, 0.29) is 0 Å². The van der Waals surface area contributed by atoms with Crippen LogP contribution in [0.25, 0.3) is 11.3 Å². The molecule has 0 atom stereocenters. The molecule has 1 fully saturated rings. The summed E-state index contributed by atoms with van der Waals surface area (Å²) in [6, 6.07) is 19.2. The largest absolute Gasteiger partial charge is 0.299 e. The van der Waals surface area contributed by atoms with Crippen LogP contribution in [0.4, 0.5) is 0 Å². The van der Waals surface area contributed by atoms with Crippen LogP contribution < -0.4 is 0 Å². The summed E-state index contributed by atoms with van der Waals surface area (Å²) in [6.45, 7) is 3.32. The highest BCUT2D eigenvalue weighted by atomic mass is 15.1. The van der Waals surface area contributed by atoms with Crippen molar-refractivity contribution in [3.63, 3.8) is 0 Å². The van der Waals surface area contributed by atoms with E-state index in [9.17, 15) is 0 Å². The second-order valence-corrected chi connectivity index (χ2v) is 6.75. The van der Waals surface area contributed by atoms with Gasteiger partial charge in [-0.15, -0.1) is 0 Å². The zero-order chi connectivity index (χ0) is 16.9. The van der Waals surface area contributed by atoms with Gasteiger partial charge in [-0.25, -0.2) is 0 Å². The highest BCUT2D eigenvalue weighted by Crippen LogP contribution is 2.30. The third-order valence-corrected chi connectivity index (χ3v) is 5.06. The number of rotatable bonds is 4. The van der Waals surface area contributed by atoms with Gasteiger partial charge in [0.2, 0.25) is 0 Å². The lowest BCUT2D eigenvalue weighted by Gasteiger charge is -2.32. The Balaban J connectivity index is 1.36. The molecule has 0 aliphatic carbocycles. The van der Waals surface area contributed by atoms with Crippen LogP contribution in [0.2, 0.25) is 0 Å². The Bertz CT molecular complexity index is 777. The van der Waals surface area contributed by atoms with Crippen molar-refractivity contribution in [3.05, 3.63) is 84.3 Å². The fourth-order valence-electron chi connectivity index (χ4n) is 3.63. The maximum absolute atomic E-state index is 4.43. The lowest BCUT2D eigenvalue weighted by Crippen LogP contribution is -2.32. The van der Waals surface area contributed by atoms with Crippen molar-refractivity contribution in [2.75, 3.05) is 13.1 Å². The van der Waals surface area contributed by atoms with Crippen LogP contribution in [0.5, 0.6) is 0 Å². The fraction of sp³-hybridized carbons (Fsp3) is 0.273. The summed E-state index contributed by atoms with van der Waals surface area (Å²) < 4.78 is 0. The first-order valence-electron chi connectivity index (χ1n) is 9.01. The van der Waals surface area contributed by atoms with Gasteiger partial charge in [-0.2, -0.15) is 0 Å². The van der Waals surface area contributed by atoms with Crippen LogP contribution in [0, 0.1) is 0 Å². The smallest absolute Gasteiger partial charge is 0.0701 e. The van der Waals surface area contributed by atoms with Crippen LogP contribution in [0.15, 0.2) is 73.2 Å². The van der Waals surface area contributed by atoms with Crippen molar-refractivity contribution >= 4 is 0 Å². The summed E-state index contributed by atoms with van der Waals surface area (Å²) in [6.07, 6.45) is 8.11. The number of aromatic nitrogens is 2. The van der Waals surface area contributed by atoms with Gasteiger partial charge in [-0.05, 0) is 61.2 Å². The lowest BCUT2D eigenvalue weighted by atomic mass is 9.88. The first-order chi connectivity index (χ1) is 12.4. The molecule has 3 aromatic rings. The molecule has 126 valence electrons. The van der Waals surface area contributed by atoms with E-state index >= 15 is 0 Å². The van der Waals surface area contributed by atoms with Gasteiger partial charge in [0.25, 0.3) is 0 Å². The molecule has 3 heterocycles. The van der Waals surface area contributed by atoms with E-state index in [4.69, 9.17) is 0 Å². The molecule has 3 heteroatoms. The molecule has 0 spiro atoms. The van der Waals surface area contributed by atoms with Crippen molar-refractivity contribution < 1.29 is 0 Å².